The molecular weight excluding hydrogens is 344 g/mol. The third-order valence-electron chi connectivity index (χ3n) is 5.48. The molecule has 7 nitrogen and oxygen atoms in total. The maximum absolute atomic E-state index is 12.3. The summed E-state index contributed by atoms with van der Waals surface area (Å²) in [5.41, 5.74) is 8.48. The van der Waals surface area contributed by atoms with Crippen LogP contribution in [0.25, 0.3) is 11.0 Å². The molecule has 2 fully saturated rings. The highest BCUT2D eigenvalue weighted by molar-refractivity contribution is 5.90. The minimum atomic E-state index is -0.443. The lowest BCUT2D eigenvalue weighted by Gasteiger charge is -2.26. The van der Waals surface area contributed by atoms with Crippen molar-refractivity contribution < 1.29 is 14.1 Å². The van der Waals surface area contributed by atoms with Crippen molar-refractivity contribution in [3.05, 3.63) is 23.3 Å². The van der Waals surface area contributed by atoms with Crippen LogP contribution in [0, 0.1) is 18.8 Å². The fourth-order valence-corrected chi connectivity index (χ4v) is 4.42. The van der Waals surface area contributed by atoms with Gasteiger partial charge in [0.15, 0.2) is 11.4 Å². The van der Waals surface area contributed by atoms with E-state index in [9.17, 15) is 4.79 Å². The summed E-state index contributed by atoms with van der Waals surface area (Å²) in [6.07, 6.45) is -0.188. The number of nitrogens with two attached hydrogens (primary N) is 1. The molecule has 0 aliphatic carbocycles. The number of benzene rings is 1. The van der Waals surface area contributed by atoms with Gasteiger partial charge in [-0.05, 0) is 56.7 Å². The van der Waals surface area contributed by atoms with Crippen molar-refractivity contribution in [1.82, 2.24) is 15.0 Å². The van der Waals surface area contributed by atoms with Crippen LogP contribution in [0.5, 0.6) is 0 Å². The first-order valence-corrected chi connectivity index (χ1v) is 9.54. The van der Waals surface area contributed by atoms with E-state index in [1.165, 1.54) is 5.56 Å². The van der Waals surface area contributed by atoms with Gasteiger partial charge in [-0.1, -0.05) is 11.2 Å². The van der Waals surface area contributed by atoms with Gasteiger partial charge in [-0.2, -0.15) is 0 Å². The highest BCUT2D eigenvalue weighted by atomic mass is 16.6. The summed E-state index contributed by atoms with van der Waals surface area (Å²) in [6.45, 7) is 12.2. The second kappa shape index (κ2) is 6.41. The average molecular weight is 372 g/mol. The number of ether oxygens (including phenoxy) is 1. The van der Waals surface area contributed by atoms with Crippen molar-refractivity contribution in [3.63, 3.8) is 0 Å². The molecule has 0 radical (unpaired) electrons. The van der Waals surface area contributed by atoms with Gasteiger partial charge in [0.05, 0.1) is 5.39 Å². The zero-order valence-corrected chi connectivity index (χ0v) is 16.5. The Labute approximate surface area is 159 Å². The number of anilines is 1. The van der Waals surface area contributed by atoms with Crippen molar-refractivity contribution in [2.45, 2.75) is 39.8 Å². The van der Waals surface area contributed by atoms with Crippen LogP contribution in [0.4, 0.5) is 10.6 Å². The Morgan fingerprint density at radius 1 is 1.26 bits per heavy atom. The molecule has 0 unspecified atom stereocenters. The van der Waals surface area contributed by atoms with Crippen LogP contribution in [0.1, 0.15) is 31.9 Å². The van der Waals surface area contributed by atoms with Crippen LogP contribution in [0.3, 0.4) is 0 Å². The lowest BCUT2D eigenvalue weighted by atomic mass is 10.0. The Morgan fingerprint density at radius 3 is 2.56 bits per heavy atom. The van der Waals surface area contributed by atoms with Gasteiger partial charge in [0.25, 0.3) is 0 Å². The summed E-state index contributed by atoms with van der Waals surface area (Å²) in [6, 6.07) is 4.20. The van der Waals surface area contributed by atoms with Crippen LogP contribution < -0.4 is 5.73 Å². The minimum Gasteiger partial charge on any atom is -0.444 e. The zero-order chi connectivity index (χ0) is 19.3. The van der Waals surface area contributed by atoms with E-state index in [2.05, 4.69) is 16.1 Å². The Bertz CT molecular complexity index is 856. The van der Waals surface area contributed by atoms with E-state index in [-0.39, 0.29) is 6.09 Å². The molecule has 7 heteroatoms. The van der Waals surface area contributed by atoms with E-state index in [1.807, 2.05) is 38.7 Å². The molecule has 27 heavy (non-hydrogen) atoms. The van der Waals surface area contributed by atoms with Crippen molar-refractivity contribution in [3.8, 4) is 0 Å². The normalized spacial score (nSPS) is 23.2. The lowest BCUT2D eigenvalue weighted by Crippen LogP contribution is -2.37. The highest BCUT2D eigenvalue weighted by Crippen LogP contribution is 2.33. The summed E-state index contributed by atoms with van der Waals surface area (Å²) in [4.78, 5) is 16.6. The van der Waals surface area contributed by atoms with Crippen molar-refractivity contribution in [1.29, 1.82) is 0 Å². The van der Waals surface area contributed by atoms with E-state index >= 15 is 0 Å². The third-order valence-corrected chi connectivity index (χ3v) is 5.48. The first kappa shape index (κ1) is 18.1. The topological polar surface area (TPSA) is 84.8 Å². The number of hydrogen-bond donors (Lipinski definition) is 1. The molecule has 1 aromatic carbocycles. The van der Waals surface area contributed by atoms with Crippen LogP contribution in [-0.4, -0.2) is 52.8 Å². The molecule has 146 valence electrons. The average Bonchev–Trinajstić information content (AvgIpc) is 3.19. The number of rotatable bonds is 2. The lowest BCUT2D eigenvalue weighted by molar-refractivity contribution is 0.0274. The number of aryl methyl sites for hydroxylation is 1. The molecule has 0 spiro atoms. The Balaban J connectivity index is 1.38. The monoisotopic (exact) mass is 372 g/mol. The fraction of sp³-hybridized carbons (Fsp3) is 0.600. The number of amides is 1. The van der Waals surface area contributed by atoms with E-state index in [4.69, 9.17) is 15.0 Å². The van der Waals surface area contributed by atoms with Crippen molar-refractivity contribution >= 4 is 22.9 Å². The Hall–Kier alpha value is -2.28. The molecule has 0 saturated carbocycles. The second-order valence-electron chi connectivity index (χ2n) is 8.95. The van der Waals surface area contributed by atoms with Gasteiger partial charge in [-0.15, -0.1) is 0 Å². The molecule has 2 saturated heterocycles. The van der Waals surface area contributed by atoms with Gasteiger partial charge in [0, 0.05) is 32.7 Å². The number of aromatic nitrogens is 1. The highest BCUT2D eigenvalue weighted by Gasteiger charge is 2.42. The molecule has 1 aromatic heterocycles. The van der Waals surface area contributed by atoms with Gasteiger partial charge < -0.3 is 19.9 Å². The van der Waals surface area contributed by atoms with Gasteiger partial charge in [-0.3, -0.25) is 4.90 Å². The zero-order valence-electron chi connectivity index (χ0n) is 16.5. The number of nitrogen functional groups attached to an aromatic ring is 1. The number of nitrogens with zero attached hydrogens (tertiary/aromatic N) is 3. The van der Waals surface area contributed by atoms with E-state index in [1.54, 1.807) is 0 Å². The summed E-state index contributed by atoms with van der Waals surface area (Å²) in [5.74, 6) is 1.48. The number of likely N-dealkylation sites (tertiary alicyclic amines) is 2. The summed E-state index contributed by atoms with van der Waals surface area (Å²) < 4.78 is 10.9. The summed E-state index contributed by atoms with van der Waals surface area (Å²) in [5, 5.41) is 4.77. The van der Waals surface area contributed by atoms with Crippen LogP contribution in [0.2, 0.25) is 0 Å². The predicted molar refractivity (Wildman–Crippen MR) is 103 cm³/mol. The predicted octanol–water partition coefficient (Wildman–Crippen LogP) is 3.02. The quantitative estimate of drug-likeness (QED) is 0.872. The van der Waals surface area contributed by atoms with Crippen LogP contribution in [-0.2, 0) is 11.3 Å². The van der Waals surface area contributed by atoms with Crippen LogP contribution >= 0.6 is 0 Å². The molecule has 2 atom stereocenters. The van der Waals surface area contributed by atoms with Crippen molar-refractivity contribution in [2.24, 2.45) is 11.8 Å². The summed E-state index contributed by atoms with van der Waals surface area (Å²) >= 11 is 0. The maximum Gasteiger partial charge on any atom is 0.410 e. The number of hydrogen-bond acceptors (Lipinski definition) is 6. The Morgan fingerprint density at radius 2 is 1.93 bits per heavy atom. The molecule has 2 aliphatic rings. The maximum atomic E-state index is 12.3. The smallest absolute Gasteiger partial charge is 0.410 e. The van der Waals surface area contributed by atoms with E-state index in [0.29, 0.717) is 17.7 Å². The SMILES string of the molecule is Cc1cc(CN2C[C@@H]3CN(C(=O)OC(C)(C)C)C[C@@H]3C2)cc2onc(N)c12. The standard InChI is InChI=1S/C20H28N4O3/c1-12-5-13(6-16-17(12)18(21)22-27-16)7-23-8-14-10-24(11-15(14)9-23)19(25)26-20(2,3)4/h5-6,14-15H,7-11H2,1-4H3,(H2,21,22)/t14-,15+. The molecule has 2 aromatic rings. The molecule has 1 amide bonds. The molecular formula is C20H28N4O3. The number of carbonyl (C=O) groups excluding carboxylic acids is 1. The Kier molecular flexibility index (Phi) is 4.29. The van der Waals surface area contributed by atoms with Gasteiger partial charge in [-0.25, -0.2) is 4.79 Å². The molecule has 3 heterocycles. The second-order valence-corrected chi connectivity index (χ2v) is 8.95. The van der Waals surface area contributed by atoms with E-state index in [0.717, 1.165) is 49.3 Å². The summed E-state index contributed by atoms with van der Waals surface area (Å²) in [7, 11) is 0. The van der Waals surface area contributed by atoms with Gasteiger partial charge >= 0.3 is 6.09 Å². The number of fused-ring (bicyclic) bond motifs is 2. The largest absolute Gasteiger partial charge is 0.444 e. The van der Waals surface area contributed by atoms with Gasteiger partial charge in [0.2, 0.25) is 0 Å². The number of carbonyl (C=O) groups is 1. The third kappa shape index (κ3) is 3.60. The first-order valence-electron chi connectivity index (χ1n) is 9.54. The molecule has 0 bridgehead atoms. The van der Waals surface area contributed by atoms with E-state index < -0.39 is 5.60 Å². The first-order chi connectivity index (χ1) is 12.7. The van der Waals surface area contributed by atoms with Gasteiger partial charge in [0.1, 0.15) is 5.60 Å². The molecule has 4 rings (SSSR count). The fourth-order valence-electron chi connectivity index (χ4n) is 4.42. The minimum absolute atomic E-state index is 0.188. The van der Waals surface area contributed by atoms with Crippen molar-refractivity contribution in [2.75, 3.05) is 31.9 Å². The molecule has 2 aliphatic heterocycles. The van der Waals surface area contributed by atoms with Crippen LogP contribution in [0.15, 0.2) is 16.7 Å². The molecule has 2 N–H and O–H groups in total.